The van der Waals surface area contributed by atoms with Crippen LogP contribution in [0.3, 0.4) is 0 Å². The van der Waals surface area contributed by atoms with E-state index in [-0.39, 0.29) is 6.10 Å². The zero-order valence-corrected chi connectivity index (χ0v) is 11.6. The lowest BCUT2D eigenvalue weighted by molar-refractivity contribution is 0.0316. The summed E-state index contributed by atoms with van der Waals surface area (Å²) in [6.45, 7) is 4.90. The average Bonchev–Trinajstić information content (AvgIpc) is 2.72. The number of aliphatic hydroxyl groups excluding tert-OH is 1. The third-order valence-corrected chi connectivity index (χ3v) is 4.15. The summed E-state index contributed by atoms with van der Waals surface area (Å²) in [4.78, 5) is 2.40. The number of nitrogens with zero attached hydrogens (tertiary/aromatic N) is 3. The summed E-state index contributed by atoms with van der Waals surface area (Å²) in [5.74, 6) is 0.351. The van der Waals surface area contributed by atoms with Crippen molar-refractivity contribution in [2.45, 2.75) is 26.0 Å². The second-order valence-corrected chi connectivity index (χ2v) is 5.66. The van der Waals surface area contributed by atoms with Gasteiger partial charge in [-0.3, -0.25) is 9.58 Å². The monoisotopic (exact) mass is 259 g/mol. The minimum absolute atomic E-state index is 0.142. The van der Waals surface area contributed by atoms with E-state index in [1.54, 1.807) is 0 Å². The predicted octanol–water partition coefficient (Wildman–Crippen LogP) is 1.78. The lowest BCUT2D eigenvalue weighted by atomic mass is 9.96. The molecule has 2 unspecified atom stereocenters. The number of aliphatic hydroxyl groups is 1. The van der Waals surface area contributed by atoms with Crippen LogP contribution in [0.1, 0.15) is 19.0 Å². The molecule has 0 aliphatic carbocycles. The molecule has 1 N–H and O–H groups in total. The van der Waals surface area contributed by atoms with Crippen molar-refractivity contribution in [3.05, 3.63) is 30.0 Å². The minimum Gasteiger partial charge on any atom is -0.393 e. The molecule has 4 heteroatoms. The summed E-state index contributed by atoms with van der Waals surface area (Å²) < 4.78 is 1.95. The molecule has 19 heavy (non-hydrogen) atoms. The Morgan fingerprint density at radius 3 is 2.95 bits per heavy atom. The Hall–Kier alpha value is -1.39. The van der Waals surface area contributed by atoms with Gasteiger partial charge in [-0.2, -0.15) is 5.10 Å². The fourth-order valence-corrected chi connectivity index (χ4v) is 2.98. The zero-order valence-electron chi connectivity index (χ0n) is 11.6. The molecule has 1 aliphatic rings. The van der Waals surface area contributed by atoms with Gasteiger partial charge >= 0.3 is 0 Å². The van der Waals surface area contributed by atoms with Crippen molar-refractivity contribution in [3.63, 3.8) is 0 Å². The van der Waals surface area contributed by atoms with Gasteiger partial charge in [-0.1, -0.05) is 25.1 Å². The molecule has 102 valence electrons. The van der Waals surface area contributed by atoms with Crippen LogP contribution in [0.25, 0.3) is 10.9 Å². The molecule has 2 atom stereocenters. The smallest absolute Gasteiger partial charge is 0.0843 e. The summed E-state index contributed by atoms with van der Waals surface area (Å²) in [5.41, 5.74) is 2.32. The van der Waals surface area contributed by atoms with E-state index < -0.39 is 0 Å². The van der Waals surface area contributed by atoms with Crippen molar-refractivity contribution in [1.82, 2.24) is 14.7 Å². The van der Waals surface area contributed by atoms with E-state index in [0.29, 0.717) is 5.92 Å². The maximum atomic E-state index is 9.79. The highest BCUT2D eigenvalue weighted by Crippen LogP contribution is 2.22. The van der Waals surface area contributed by atoms with Gasteiger partial charge in [-0.15, -0.1) is 0 Å². The van der Waals surface area contributed by atoms with Crippen molar-refractivity contribution < 1.29 is 5.11 Å². The van der Waals surface area contributed by atoms with Gasteiger partial charge in [0.1, 0.15) is 0 Å². The highest BCUT2D eigenvalue weighted by molar-refractivity contribution is 5.81. The van der Waals surface area contributed by atoms with Crippen LogP contribution in [0.15, 0.2) is 24.3 Å². The molecule has 2 heterocycles. The highest BCUT2D eigenvalue weighted by atomic mass is 16.3. The quantitative estimate of drug-likeness (QED) is 0.893. The van der Waals surface area contributed by atoms with Crippen molar-refractivity contribution in [3.8, 4) is 0 Å². The van der Waals surface area contributed by atoms with E-state index in [0.717, 1.165) is 31.7 Å². The zero-order chi connectivity index (χ0) is 13.4. The molecule has 0 bridgehead atoms. The largest absolute Gasteiger partial charge is 0.393 e. The van der Waals surface area contributed by atoms with Crippen LogP contribution in [-0.2, 0) is 13.6 Å². The number of rotatable bonds is 2. The second-order valence-electron chi connectivity index (χ2n) is 5.66. The van der Waals surface area contributed by atoms with Gasteiger partial charge < -0.3 is 5.11 Å². The molecule has 1 saturated heterocycles. The molecular formula is C15H21N3O. The van der Waals surface area contributed by atoms with Gasteiger partial charge in [0, 0.05) is 32.1 Å². The van der Waals surface area contributed by atoms with Crippen molar-refractivity contribution >= 4 is 10.9 Å². The van der Waals surface area contributed by atoms with Crippen molar-refractivity contribution in [1.29, 1.82) is 0 Å². The molecule has 4 nitrogen and oxygen atoms in total. The van der Waals surface area contributed by atoms with Gasteiger partial charge in [0.05, 0.1) is 17.3 Å². The predicted molar refractivity (Wildman–Crippen MR) is 75.8 cm³/mol. The maximum absolute atomic E-state index is 9.79. The van der Waals surface area contributed by atoms with Crippen LogP contribution in [-0.4, -0.2) is 39.0 Å². The third kappa shape index (κ3) is 2.38. The summed E-state index contributed by atoms with van der Waals surface area (Å²) >= 11 is 0. The van der Waals surface area contributed by atoms with Crippen molar-refractivity contribution in [2.75, 3.05) is 13.1 Å². The molecule has 1 fully saturated rings. The number of likely N-dealkylation sites (tertiary alicyclic amines) is 1. The van der Waals surface area contributed by atoms with E-state index in [9.17, 15) is 5.11 Å². The topological polar surface area (TPSA) is 41.3 Å². The van der Waals surface area contributed by atoms with Gasteiger partial charge in [-0.05, 0) is 18.4 Å². The third-order valence-electron chi connectivity index (χ3n) is 4.15. The van der Waals surface area contributed by atoms with E-state index >= 15 is 0 Å². The number of fused-ring (bicyclic) bond motifs is 1. The van der Waals surface area contributed by atoms with Gasteiger partial charge in [0.15, 0.2) is 0 Å². The fourth-order valence-electron chi connectivity index (χ4n) is 2.98. The molecule has 2 aromatic rings. The SMILES string of the molecule is CC1CN(Cc2nn(C)c3ccccc23)CCC1O. The standard InChI is InChI=1S/C15H21N3O/c1-11-9-18(8-7-15(11)19)10-13-12-5-3-4-6-14(12)17(2)16-13/h3-6,11,15,19H,7-10H2,1-2H3. The molecule has 1 aliphatic heterocycles. The molecule has 1 aromatic heterocycles. The fraction of sp³-hybridized carbons (Fsp3) is 0.533. The molecule has 1 aromatic carbocycles. The Morgan fingerprint density at radius 2 is 2.16 bits per heavy atom. The van der Waals surface area contributed by atoms with Crippen LogP contribution in [0.2, 0.25) is 0 Å². The Bertz CT molecular complexity index is 578. The lowest BCUT2D eigenvalue weighted by Gasteiger charge is -2.33. The molecule has 0 amide bonds. The first-order valence-corrected chi connectivity index (χ1v) is 6.96. The molecule has 0 saturated carbocycles. The van der Waals surface area contributed by atoms with E-state index in [2.05, 4.69) is 35.1 Å². The molecule has 3 rings (SSSR count). The summed E-state index contributed by atoms with van der Waals surface area (Å²) in [5, 5.41) is 15.7. The van der Waals surface area contributed by atoms with Crippen LogP contribution in [0.4, 0.5) is 0 Å². The summed E-state index contributed by atoms with van der Waals surface area (Å²) in [6, 6.07) is 8.36. The van der Waals surface area contributed by atoms with Gasteiger partial charge in [-0.25, -0.2) is 0 Å². The molecule has 0 radical (unpaired) electrons. The van der Waals surface area contributed by atoms with Gasteiger partial charge in [0.2, 0.25) is 0 Å². The number of benzene rings is 1. The Morgan fingerprint density at radius 1 is 1.37 bits per heavy atom. The number of para-hydroxylation sites is 1. The molecule has 0 spiro atoms. The first kappa shape index (κ1) is 12.6. The first-order valence-electron chi connectivity index (χ1n) is 6.96. The van der Waals surface area contributed by atoms with E-state index in [1.165, 1.54) is 10.9 Å². The molecular weight excluding hydrogens is 238 g/mol. The number of aryl methyl sites for hydroxylation is 1. The van der Waals surface area contributed by atoms with Gasteiger partial charge in [0.25, 0.3) is 0 Å². The maximum Gasteiger partial charge on any atom is 0.0843 e. The van der Waals surface area contributed by atoms with Crippen LogP contribution >= 0.6 is 0 Å². The van der Waals surface area contributed by atoms with Crippen molar-refractivity contribution in [2.24, 2.45) is 13.0 Å². The summed E-state index contributed by atoms with van der Waals surface area (Å²) in [6.07, 6.45) is 0.725. The lowest BCUT2D eigenvalue weighted by Crippen LogP contribution is -2.41. The number of aromatic nitrogens is 2. The minimum atomic E-state index is -0.142. The van der Waals surface area contributed by atoms with Crippen LogP contribution in [0, 0.1) is 5.92 Å². The normalized spacial score (nSPS) is 25.0. The summed E-state index contributed by atoms with van der Waals surface area (Å²) in [7, 11) is 1.99. The first-order chi connectivity index (χ1) is 9.15. The highest BCUT2D eigenvalue weighted by Gasteiger charge is 2.25. The van der Waals surface area contributed by atoms with Crippen LogP contribution in [0.5, 0.6) is 0 Å². The Labute approximate surface area is 113 Å². The number of hydrogen-bond donors (Lipinski definition) is 1. The number of piperidine rings is 1. The van der Waals surface area contributed by atoms with E-state index in [4.69, 9.17) is 0 Å². The Balaban J connectivity index is 1.82. The average molecular weight is 259 g/mol. The van der Waals surface area contributed by atoms with Crippen LogP contribution < -0.4 is 0 Å². The number of hydrogen-bond acceptors (Lipinski definition) is 3. The van der Waals surface area contributed by atoms with E-state index in [1.807, 2.05) is 17.8 Å². The second kappa shape index (κ2) is 4.94. The Kier molecular flexibility index (Phi) is 3.29.